The summed E-state index contributed by atoms with van der Waals surface area (Å²) in [5, 5.41) is 0. The summed E-state index contributed by atoms with van der Waals surface area (Å²) < 4.78 is 28.6. The first kappa shape index (κ1) is 16.9. The predicted octanol–water partition coefficient (Wildman–Crippen LogP) is 3.51. The Kier molecular flexibility index (Phi) is 5.09. The second kappa shape index (κ2) is 5.71. The zero-order valence-corrected chi connectivity index (χ0v) is 15.3. The summed E-state index contributed by atoms with van der Waals surface area (Å²) in [5.41, 5.74) is 5.84. The molecular formula is C12H18Br2N2O2S. The van der Waals surface area contributed by atoms with E-state index in [1.54, 1.807) is 12.1 Å². The minimum Gasteiger partial charge on any atom is -0.398 e. The van der Waals surface area contributed by atoms with Crippen molar-refractivity contribution in [3.8, 4) is 0 Å². The number of nitrogens with two attached hydrogens (primary N) is 1. The first-order chi connectivity index (χ1) is 8.45. The van der Waals surface area contributed by atoms with Gasteiger partial charge in [-0.15, -0.1) is 0 Å². The average molecular weight is 414 g/mol. The summed E-state index contributed by atoms with van der Waals surface area (Å²) >= 11 is 6.52. The molecule has 3 N–H and O–H groups in total. The normalized spacial score (nSPS) is 14.4. The van der Waals surface area contributed by atoms with Gasteiger partial charge < -0.3 is 5.73 Å². The highest BCUT2D eigenvalue weighted by molar-refractivity contribution is 9.11. The number of benzene rings is 1. The molecule has 1 aromatic rings. The molecule has 108 valence electrons. The third-order valence-corrected chi connectivity index (χ3v) is 5.94. The molecule has 0 aliphatic heterocycles. The molecule has 0 bridgehead atoms. The van der Waals surface area contributed by atoms with Crippen molar-refractivity contribution in [1.29, 1.82) is 0 Å². The molecule has 1 unspecified atom stereocenters. The molecule has 1 rings (SSSR count). The van der Waals surface area contributed by atoms with Gasteiger partial charge in [0.2, 0.25) is 10.0 Å². The van der Waals surface area contributed by atoms with E-state index >= 15 is 0 Å². The predicted molar refractivity (Wildman–Crippen MR) is 85.5 cm³/mol. The van der Waals surface area contributed by atoms with Crippen molar-refractivity contribution in [3.63, 3.8) is 0 Å². The Bertz CT molecular complexity index is 557. The van der Waals surface area contributed by atoms with Crippen LogP contribution in [0.25, 0.3) is 0 Å². The Morgan fingerprint density at radius 1 is 1.26 bits per heavy atom. The second-order valence-electron chi connectivity index (χ2n) is 5.51. The van der Waals surface area contributed by atoms with E-state index in [0.29, 0.717) is 4.47 Å². The molecule has 0 fully saturated rings. The Labute approximate surface area is 131 Å². The number of halogens is 2. The molecule has 1 aromatic carbocycles. The fourth-order valence-corrected chi connectivity index (χ4v) is 4.85. The molecule has 0 saturated carbocycles. The molecule has 0 heterocycles. The number of anilines is 1. The van der Waals surface area contributed by atoms with Crippen molar-refractivity contribution in [2.24, 2.45) is 5.41 Å². The first-order valence-corrected chi connectivity index (χ1v) is 8.79. The number of sulfonamides is 1. The van der Waals surface area contributed by atoms with Gasteiger partial charge in [0.25, 0.3) is 0 Å². The maximum absolute atomic E-state index is 12.4. The van der Waals surface area contributed by atoms with Crippen LogP contribution in [-0.2, 0) is 10.0 Å². The number of nitrogen functional groups attached to an aromatic ring is 1. The minimum absolute atomic E-state index is 0.0757. The Morgan fingerprint density at radius 3 is 2.21 bits per heavy atom. The zero-order valence-electron chi connectivity index (χ0n) is 11.3. The van der Waals surface area contributed by atoms with E-state index in [1.807, 2.05) is 27.7 Å². The Balaban J connectivity index is 3.23. The highest BCUT2D eigenvalue weighted by Crippen LogP contribution is 2.32. The van der Waals surface area contributed by atoms with Gasteiger partial charge >= 0.3 is 0 Å². The smallest absolute Gasteiger partial charge is 0.244 e. The third-order valence-electron chi connectivity index (χ3n) is 2.94. The highest BCUT2D eigenvalue weighted by Gasteiger charge is 2.28. The minimum atomic E-state index is -3.66. The van der Waals surface area contributed by atoms with Crippen LogP contribution >= 0.6 is 31.9 Å². The Hall–Kier alpha value is -0.110. The SMILES string of the molecule is CC(NS(=O)(=O)c1c(N)cc(Br)cc1Br)C(C)(C)C. The van der Waals surface area contributed by atoms with Crippen LogP contribution in [0.2, 0.25) is 0 Å². The average Bonchev–Trinajstić information content (AvgIpc) is 2.11. The maximum Gasteiger partial charge on any atom is 0.244 e. The lowest BCUT2D eigenvalue weighted by atomic mass is 9.89. The van der Waals surface area contributed by atoms with Crippen LogP contribution in [-0.4, -0.2) is 14.5 Å². The summed E-state index contributed by atoms with van der Waals surface area (Å²) in [4.78, 5) is 0.0757. The van der Waals surface area contributed by atoms with Crippen LogP contribution in [0.15, 0.2) is 26.0 Å². The Morgan fingerprint density at radius 2 is 1.79 bits per heavy atom. The van der Waals surface area contributed by atoms with Crippen molar-refractivity contribution < 1.29 is 8.42 Å². The number of hydrogen-bond donors (Lipinski definition) is 2. The van der Waals surface area contributed by atoms with Gasteiger partial charge in [0, 0.05) is 15.0 Å². The van der Waals surface area contributed by atoms with Crippen LogP contribution in [0.3, 0.4) is 0 Å². The van der Waals surface area contributed by atoms with Gasteiger partial charge in [-0.2, -0.15) is 0 Å². The van der Waals surface area contributed by atoms with Gasteiger partial charge in [-0.05, 0) is 40.4 Å². The quantitative estimate of drug-likeness (QED) is 0.744. The van der Waals surface area contributed by atoms with E-state index in [9.17, 15) is 8.42 Å². The summed E-state index contributed by atoms with van der Waals surface area (Å²) in [6.07, 6.45) is 0. The molecule has 0 amide bonds. The van der Waals surface area contributed by atoms with Crippen LogP contribution in [0.1, 0.15) is 27.7 Å². The van der Waals surface area contributed by atoms with E-state index in [-0.39, 0.29) is 22.0 Å². The van der Waals surface area contributed by atoms with Gasteiger partial charge in [-0.1, -0.05) is 36.7 Å². The van der Waals surface area contributed by atoms with Crippen molar-refractivity contribution in [1.82, 2.24) is 4.72 Å². The lowest BCUT2D eigenvalue weighted by Gasteiger charge is -2.28. The molecule has 0 aromatic heterocycles. The summed E-state index contributed by atoms with van der Waals surface area (Å²) in [5.74, 6) is 0. The van der Waals surface area contributed by atoms with Gasteiger partial charge in [0.05, 0.1) is 5.69 Å². The van der Waals surface area contributed by atoms with E-state index in [4.69, 9.17) is 5.73 Å². The summed E-state index contributed by atoms with van der Waals surface area (Å²) in [7, 11) is -3.66. The van der Waals surface area contributed by atoms with Gasteiger partial charge in [0.15, 0.2) is 0 Å². The molecule has 19 heavy (non-hydrogen) atoms. The van der Waals surface area contributed by atoms with Gasteiger partial charge in [0.1, 0.15) is 4.90 Å². The third kappa shape index (κ3) is 4.18. The van der Waals surface area contributed by atoms with Crippen molar-refractivity contribution in [3.05, 3.63) is 21.1 Å². The fourth-order valence-electron chi connectivity index (χ4n) is 1.33. The standard InChI is InChI=1S/C12H18Br2N2O2S/c1-7(12(2,3)4)16-19(17,18)11-9(14)5-8(13)6-10(11)15/h5-7,16H,15H2,1-4H3. The van der Waals surface area contributed by atoms with Gasteiger partial charge in [-0.3, -0.25) is 0 Å². The fraction of sp³-hybridized carbons (Fsp3) is 0.500. The number of rotatable bonds is 3. The van der Waals surface area contributed by atoms with Crippen LogP contribution in [0, 0.1) is 5.41 Å². The van der Waals surface area contributed by atoms with Crippen LogP contribution in [0.5, 0.6) is 0 Å². The molecule has 4 nitrogen and oxygen atoms in total. The summed E-state index contributed by atoms with van der Waals surface area (Å²) in [6, 6.07) is 3.01. The number of hydrogen-bond acceptors (Lipinski definition) is 3. The van der Waals surface area contributed by atoms with Crippen molar-refractivity contribution >= 4 is 47.6 Å². The second-order valence-corrected chi connectivity index (χ2v) is 8.94. The molecule has 0 aliphatic rings. The highest BCUT2D eigenvalue weighted by atomic mass is 79.9. The van der Waals surface area contributed by atoms with Crippen LogP contribution < -0.4 is 10.5 Å². The van der Waals surface area contributed by atoms with E-state index in [0.717, 1.165) is 4.47 Å². The lowest BCUT2D eigenvalue weighted by molar-refractivity contribution is 0.317. The van der Waals surface area contributed by atoms with E-state index in [2.05, 4.69) is 36.6 Å². The first-order valence-electron chi connectivity index (χ1n) is 5.72. The van der Waals surface area contributed by atoms with Crippen molar-refractivity contribution in [2.45, 2.75) is 38.6 Å². The largest absolute Gasteiger partial charge is 0.398 e. The van der Waals surface area contributed by atoms with Gasteiger partial charge in [-0.25, -0.2) is 13.1 Å². The number of nitrogens with one attached hydrogen (secondary N) is 1. The maximum atomic E-state index is 12.4. The molecule has 0 radical (unpaired) electrons. The van der Waals surface area contributed by atoms with E-state index < -0.39 is 10.0 Å². The zero-order chi connectivity index (χ0) is 15.0. The molecular weight excluding hydrogens is 396 g/mol. The summed E-state index contributed by atoms with van der Waals surface area (Å²) in [6.45, 7) is 7.75. The monoisotopic (exact) mass is 412 g/mol. The van der Waals surface area contributed by atoms with Crippen molar-refractivity contribution in [2.75, 3.05) is 5.73 Å². The van der Waals surface area contributed by atoms with Crippen LogP contribution in [0.4, 0.5) is 5.69 Å². The molecule has 7 heteroatoms. The molecule has 1 atom stereocenters. The molecule has 0 saturated heterocycles. The molecule has 0 aliphatic carbocycles. The molecule has 0 spiro atoms. The van der Waals surface area contributed by atoms with E-state index in [1.165, 1.54) is 0 Å². The topological polar surface area (TPSA) is 72.2 Å². The lowest BCUT2D eigenvalue weighted by Crippen LogP contribution is -2.41.